The van der Waals surface area contributed by atoms with Crippen molar-refractivity contribution in [3.05, 3.63) is 45.4 Å². The van der Waals surface area contributed by atoms with Crippen molar-refractivity contribution in [2.24, 2.45) is 0 Å². The van der Waals surface area contributed by atoms with E-state index >= 15 is 0 Å². The van der Waals surface area contributed by atoms with Gasteiger partial charge in [0.25, 0.3) is 0 Å². The van der Waals surface area contributed by atoms with Gasteiger partial charge in [0.2, 0.25) is 15.9 Å². The lowest BCUT2D eigenvalue weighted by molar-refractivity contribution is -0.114. The average molecular weight is 468 g/mol. The number of benzene rings is 2. The second-order valence-corrected chi connectivity index (χ2v) is 8.82. The number of ether oxygens (including phenoxy) is 2. The number of carbonyl (C=O) groups is 1. The highest BCUT2D eigenvalue weighted by Crippen LogP contribution is 2.36. The van der Waals surface area contributed by atoms with Crippen molar-refractivity contribution >= 4 is 62.1 Å². The Morgan fingerprint density at radius 1 is 1.00 bits per heavy atom. The number of sulfonamides is 1. The van der Waals surface area contributed by atoms with Crippen LogP contribution in [-0.2, 0) is 14.8 Å². The zero-order chi connectivity index (χ0) is 21.1. The first-order chi connectivity index (χ1) is 13.0. The maximum absolute atomic E-state index is 12.6. The summed E-state index contributed by atoms with van der Waals surface area (Å²) in [5, 5.41) is 3.36. The summed E-state index contributed by atoms with van der Waals surface area (Å²) in [6.07, 6.45) is 0.973. The average Bonchev–Trinajstić information content (AvgIpc) is 2.58. The number of carbonyl (C=O) groups excluding carboxylic acids is 1. The molecule has 1 amide bonds. The second-order valence-electron chi connectivity index (χ2n) is 5.63. The molecular formula is C17H17Cl3N2O5S. The first-order valence-corrected chi connectivity index (χ1v) is 10.7. The predicted octanol–water partition coefficient (Wildman–Crippen LogP) is 4.07. The van der Waals surface area contributed by atoms with Gasteiger partial charge in [0.15, 0.2) is 0 Å². The van der Waals surface area contributed by atoms with Crippen molar-refractivity contribution in [3.8, 4) is 11.5 Å². The van der Waals surface area contributed by atoms with Gasteiger partial charge in [0.1, 0.15) is 18.0 Å². The standard InChI is InChI=1S/C17H17Cl3N2O5S/c1-26-15-8-14(16(27-2)7-13(15)20)21-17(23)9-22(28(3,24)25)12-5-10(18)4-11(19)6-12/h4-8H,9H2,1-3H3,(H,21,23). The molecule has 1 N–H and O–H groups in total. The summed E-state index contributed by atoms with van der Waals surface area (Å²) in [4.78, 5) is 12.6. The minimum atomic E-state index is -3.80. The molecule has 0 fully saturated rings. The summed E-state index contributed by atoms with van der Waals surface area (Å²) < 4.78 is 35.6. The van der Waals surface area contributed by atoms with Crippen LogP contribution < -0.4 is 19.1 Å². The molecule has 0 radical (unpaired) electrons. The van der Waals surface area contributed by atoms with Crippen LogP contribution in [0.3, 0.4) is 0 Å². The Bertz CT molecular complexity index is 978. The summed E-state index contributed by atoms with van der Waals surface area (Å²) in [6, 6.07) is 7.19. The van der Waals surface area contributed by atoms with E-state index in [-0.39, 0.29) is 27.2 Å². The molecule has 0 unspecified atom stereocenters. The fourth-order valence-corrected chi connectivity index (χ4v) is 3.95. The molecule has 0 saturated carbocycles. The summed E-state index contributed by atoms with van der Waals surface area (Å²) >= 11 is 17.9. The van der Waals surface area contributed by atoms with Gasteiger partial charge < -0.3 is 14.8 Å². The van der Waals surface area contributed by atoms with Gasteiger partial charge in [-0.05, 0) is 18.2 Å². The van der Waals surface area contributed by atoms with Gasteiger partial charge in [0.05, 0.1) is 36.9 Å². The van der Waals surface area contributed by atoms with Crippen LogP contribution in [0.4, 0.5) is 11.4 Å². The molecule has 28 heavy (non-hydrogen) atoms. The lowest BCUT2D eigenvalue weighted by atomic mass is 10.2. The number of halogens is 3. The monoisotopic (exact) mass is 466 g/mol. The van der Waals surface area contributed by atoms with Crippen LogP contribution in [0.2, 0.25) is 15.1 Å². The number of amides is 1. The van der Waals surface area contributed by atoms with Gasteiger partial charge in [-0.25, -0.2) is 8.42 Å². The molecule has 152 valence electrons. The van der Waals surface area contributed by atoms with E-state index in [1.807, 2.05) is 0 Å². The topological polar surface area (TPSA) is 84.9 Å². The van der Waals surface area contributed by atoms with E-state index in [1.165, 1.54) is 44.6 Å². The maximum Gasteiger partial charge on any atom is 0.245 e. The van der Waals surface area contributed by atoms with Crippen molar-refractivity contribution in [2.75, 3.05) is 36.6 Å². The van der Waals surface area contributed by atoms with Crippen molar-refractivity contribution in [1.82, 2.24) is 0 Å². The van der Waals surface area contributed by atoms with Crippen LogP contribution in [-0.4, -0.2) is 41.3 Å². The molecule has 0 atom stereocenters. The third kappa shape index (κ3) is 5.57. The molecule has 2 aromatic carbocycles. The molecule has 0 aliphatic carbocycles. The molecule has 7 nitrogen and oxygen atoms in total. The van der Waals surface area contributed by atoms with E-state index < -0.39 is 22.5 Å². The maximum atomic E-state index is 12.6. The SMILES string of the molecule is COc1cc(NC(=O)CN(c2cc(Cl)cc(Cl)c2)S(C)(=O)=O)c(OC)cc1Cl. The van der Waals surface area contributed by atoms with Crippen molar-refractivity contribution in [2.45, 2.75) is 0 Å². The highest BCUT2D eigenvalue weighted by Gasteiger charge is 2.23. The lowest BCUT2D eigenvalue weighted by Crippen LogP contribution is -2.37. The first kappa shape index (κ1) is 22.4. The van der Waals surface area contributed by atoms with E-state index in [0.29, 0.717) is 10.8 Å². The number of anilines is 2. The van der Waals surface area contributed by atoms with Crippen LogP contribution in [0.25, 0.3) is 0 Å². The number of nitrogens with one attached hydrogen (secondary N) is 1. The lowest BCUT2D eigenvalue weighted by Gasteiger charge is -2.22. The third-order valence-electron chi connectivity index (χ3n) is 3.57. The molecule has 0 saturated heterocycles. The van der Waals surface area contributed by atoms with E-state index in [1.54, 1.807) is 0 Å². The molecule has 2 rings (SSSR count). The molecule has 0 heterocycles. The fraction of sp³-hybridized carbons (Fsp3) is 0.235. The zero-order valence-corrected chi connectivity index (χ0v) is 18.2. The largest absolute Gasteiger partial charge is 0.495 e. The quantitative estimate of drug-likeness (QED) is 0.663. The van der Waals surface area contributed by atoms with Crippen LogP contribution >= 0.6 is 34.8 Å². The summed E-state index contributed by atoms with van der Waals surface area (Å²) in [5.41, 5.74) is 0.433. The molecule has 0 aromatic heterocycles. The molecule has 0 aliphatic heterocycles. The second kappa shape index (κ2) is 9.09. The molecule has 0 aliphatic rings. The van der Waals surface area contributed by atoms with E-state index in [2.05, 4.69) is 5.32 Å². The van der Waals surface area contributed by atoms with Crippen molar-refractivity contribution < 1.29 is 22.7 Å². The van der Waals surface area contributed by atoms with E-state index in [9.17, 15) is 13.2 Å². The minimum absolute atomic E-state index is 0.163. The minimum Gasteiger partial charge on any atom is -0.495 e. The summed E-state index contributed by atoms with van der Waals surface area (Å²) in [6.45, 7) is -0.510. The van der Waals surface area contributed by atoms with Crippen LogP contribution in [0.5, 0.6) is 11.5 Å². The molecular weight excluding hydrogens is 451 g/mol. The zero-order valence-electron chi connectivity index (χ0n) is 15.1. The van der Waals surface area contributed by atoms with Crippen LogP contribution in [0.15, 0.2) is 30.3 Å². The van der Waals surface area contributed by atoms with Gasteiger partial charge in [0, 0.05) is 22.2 Å². The Labute approximate surface area is 178 Å². The van der Waals surface area contributed by atoms with E-state index in [0.717, 1.165) is 10.6 Å². The van der Waals surface area contributed by atoms with Crippen molar-refractivity contribution in [1.29, 1.82) is 0 Å². The normalized spacial score (nSPS) is 11.1. The highest BCUT2D eigenvalue weighted by molar-refractivity contribution is 7.92. The van der Waals surface area contributed by atoms with Crippen molar-refractivity contribution in [3.63, 3.8) is 0 Å². The summed E-state index contributed by atoms with van der Waals surface area (Å²) in [5.74, 6) is -0.0144. The number of methoxy groups -OCH3 is 2. The van der Waals surface area contributed by atoms with E-state index in [4.69, 9.17) is 44.3 Å². The molecule has 0 bridgehead atoms. The Morgan fingerprint density at radius 2 is 1.57 bits per heavy atom. The Balaban J connectivity index is 2.33. The third-order valence-corrected chi connectivity index (χ3v) is 5.44. The fourth-order valence-electron chi connectivity index (χ4n) is 2.36. The molecule has 0 spiro atoms. The Morgan fingerprint density at radius 3 is 2.07 bits per heavy atom. The number of hydrogen-bond donors (Lipinski definition) is 1. The van der Waals surface area contributed by atoms with Gasteiger partial charge in [-0.1, -0.05) is 34.8 Å². The molecule has 11 heteroatoms. The highest BCUT2D eigenvalue weighted by atomic mass is 35.5. The van der Waals surface area contributed by atoms with Crippen LogP contribution in [0, 0.1) is 0 Å². The summed E-state index contributed by atoms with van der Waals surface area (Å²) in [7, 11) is -0.964. The number of nitrogens with zero attached hydrogens (tertiary/aromatic N) is 1. The van der Waals surface area contributed by atoms with Gasteiger partial charge in [-0.2, -0.15) is 0 Å². The van der Waals surface area contributed by atoms with Gasteiger partial charge in [-0.15, -0.1) is 0 Å². The molecule has 2 aromatic rings. The number of rotatable bonds is 7. The Hall–Kier alpha value is -1.87. The number of hydrogen-bond acceptors (Lipinski definition) is 5. The van der Waals surface area contributed by atoms with Crippen LogP contribution in [0.1, 0.15) is 0 Å². The first-order valence-electron chi connectivity index (χ1n) is 7.70. The van der Waals surface area contributed by atoms with Gasteiger partial charge >= 0.3 is 0 Å². The Kier molecular flexibility index (Phi) is 7.28. The predicted molar refractivity (Wildman–Crippen MR) is 112 cm³/mol. The van der Waals surface area contributed by atoms with Gasteiger partial charge in [-0.3, -0.25) is 9.10 Å². The smallest absolute Gasteiger partial charge is 0.245 e.